The highest BCUT2D eigenvalue weighted by atomic mass is 32.2. The number of anilines is 1. The first-order valence-corrected chi connectivity index (χ1v) is 6.97. The summed E-state index contributed by atoms with van der Waals surface area (Å²) in [4.78, 5) is 3.99. The molecule has 0 bridgehead atoms. The largest absolute Gasteiger partial charge is 0.366 e. The zero-order valence-corrected chi connectivity index (χ0v) is 10.6. The standard InChI is InChI=1S/C10H18N4O2S/c1-2-3-8(6-11)14-10-5-4-9(7-13-10)17(12,15)16/h4-5,7-8H,2-3,6,11H2,1H3,(H,13,14)(H2,12,15,16). The lowest BCUT2D eigenvalue weighted by molar-refractivity contribution is 0.597. The van der Waals surface area contributed by atoms with Crippen LogP contribution in [-0.2, 0) is 10.0 Å². The van der Waals surface area contributed by atoms with Gasteiger partial charge in [0.15, 0.2) is 0 Å². The Morgan fingerprint density at radius 2 is 2.18 bits per heavy atom. The number of nitrogens with one attached hydrogen (secondary N) is 1. The summed E-state index contributed by atoms with van der Waals surface area (Å²) >= 11 is 0. The van der Waals surface area contributed by atoms with Crippen molar-refractivity contribution in [3.05, 3.63) is 18.3 Å². The van der Waals surface area contributed by atoms with Crippen LogP contribution in [0, 0.1) is 0 Å². The van der Waals surface area contributed by atoms with Crippen molar-refractivity contribution < 1.29 is 8.42 Å². The summed E-state index contributed by atoms with van der Waals surface area (Å²) in [5.74, 6) is 0.598. The molecule has 7 heteroatoms. The van der Waals surface area contributed by atoms with Crippen LogP contribution < -0.4 is 16.2 Å². The minimum absolute atomic E-state index is 0.00263. The minimum atomic E-state index is -3.68. The van der Waals surface area contributed by atoms with E-state index in [0.29, 0.717) is 12.4 Å². The zero-order chi connectivity index (χ0) is 12.9. The molecule has 5 N–H and O–H groups in total. The molecule has 1 heterocycles. The summed E-state index contributed by atoms with van der Waals surface area (Å²) in [6, 6.07) is 3.15. The second kappa shape index (κ2) is 5.95. The second-order valence-corrected chi connectivity index (χ2v) is 5.35. The molecular formula is C10H18N4O2S. The molecular weight excluding hydrogens is 240 g/mol. The number of sulfonamides is 1. The Morgan fingerprint density at radius 3 is 2.59 bits per heavy atom. The Bertz CT molecular complexity index is 444. The summed E-state index contributed by atoms with van der Waals surface area (Å²) < 4.78 is 22.0. The predicted molar refractivity (Wildman–Crippen MR) is 67.0 cm³/mol. The van der Waals surface area contributed by atoms with E-state index in [1.54, 1.807) is 6.07 Å². The molecule has 0 aliphatic rings. The van der Waals surface area contributed by atoms with Gasteiger partial charge in [-0.3, -0.25) is 0 Å². The molecule has 6 nitrogen and oxygen atoms in total. The first kappa shape index (κ1) is 13.9. The number of rotatable bonds is 6. The van der Waals surface area contributed by atoms with Crippen molar-refractivity contribution in [1.29, 1.82) is 0 Å². The third kappa shape index (κ3) is 4.29. The van der Waals surface area contributed by atoms with Crippen molar-refractivity contribution in [2.24, 2.45) is 10.9 Å². The number of aromatic nitrogens is 1. The predicted octanol–water partition coefficient (Wildman–Crippen LogP) is 0.268. The highest BCUT2D eigenvalue weighted by molar-refractivity contribution is 7.89. The Morgan fingerprint density at radius 1 is 1.47 bits per heavy atom. The minimum Gasteiger partial charge on any atom is -0.366 e. The lowest BCUT2D eigenvalue weighted by Crippen LogP contribution is -2.29. The summed E-state index contributed by atoms with van der Waals surface area (Å²) in [6.45, 7) is 2.58. The van der Waals surface area contributed by atoms with E-state index in [9.17, 15) is 8.42 Å². The molecule has 0 radical (unpaired) electrons. The quantitative estimate of drug-likeness (QED) is 0.678. The topological polar surface area (TPSA) is 111 Å². The molecule has 0 aromatic carbocycles. The number of pyridine rings is 1. The van der Waals surface area contributed by atoms with Gasteiger partial charge < -0.3 is 11.1 Å². The van der Waals surface area contributed by atoms with Gasteiger partial charge in [0.1, 0.15) is 10.7 Å². The highest BCUT2D eigenvalue weighted by Crippen LogP contribution is 2.11. The summed E-state index contributed by atoms with van der Waals surface area (Å²) in [5.41, 5.74) is 5.60. The van der Waals surface area contributed by atoms with Crippen LogP contribution in [0.4, 0.5) is 5.82 Å². The van der Waals surface area contributed by atoms with Crippen LogP contribution in [0.15, 0.2) is 23.2 Å². The molecule has 96 valence electrons. The van der Waals surface area contributed by atoms with Crippen LogP contribution in [0.25, 0.3) is 0 Å². The van der Waals surface area contributed by atoms with Crippen LogP contribution in [0.2, 0.25) is 0 Å². The summed E-state index contributed by atoms with van der Waals surface area (Å²) in [5, 5.41) is 8.11. The van der Waals surface area contributed by atoms with E-state index in [2.05, 4.69) is 17.2 Å². The third-order valence-corrected chi connectivity index (χ3v) is 3.24. The first-order valence-electron chi connectivity index (χ1n) is 5.42. The van der Waals surface area contributed by atoms with Crippen molar-refractivity contribution in [3.63, 3.8) is 0 Å². The zero-order valence-electron chi connectivity index (χ0n) is 9.76. The highest BCUT2D eigenvalue weighted by Gasteiger charge is 2.09. The maximum absolute atomic E-state index is 11.0. The van der Waals surface area contributed by atoms with E-state index < -0.39 is 10.0 Å². The Balaban J connectivity index is 2.74. The first-order chi connectivity index (χ1) is 7.97. The summed E-state index contributed by atoms with van der Waals surface area (Å²) in [7, 11) is -3.68. The van der Waals surface area contributed by atoms with E-state index in [-0.39, 0.29) is 10.9 Å². The Hall–Kier alpha value is -1.18. The van der Waals surface area contributed by atoms with Gasteiger partial charge in [0.05, 0.1) is 0 Å². The molecule has 0 fully saturated rings. The van der Waals surface area contributed by atoms with E-state index in [0.717, 1.165) is 12.8 Å². The van der Waals surface area contributed by atoms with Gasteiger partial charge in [-0.1, -0.05) is 13.3 Å². The van der Waals surface area contributed by atoms with Crippen LogP contribution in [0.1, 0.15) is 19.8 Å². The Kier molecular flexibility index (Phi) is 4.86. The molecule has 17 heavy (non-hydrogen) atoms. The van der Waals surface area contributed by atoms with Gasteiger partial charge in [0.2, 0.25) is 10.0 Å². The van der Waals surface area contributed by atoms with Gasteiger partial charge in [-0.2, -0.15) is 0 Å². The van der Waals surface area contributed by atoms with Gasteiger partial charge in [0, 0.05) is 18.8 Å². The molecule has 1 atom stereocenters. The van der Waals surface area contributed by atoms with Crippen molar-refractivity contribution in [2.75, 3.05) is 11.9 Å². The number of nitrogens with two attached hydrogens (primary N) is 2. The molecule has 0 spiro atoms. The number of primary sulfonamides is 1. The molecule has 0 amide bonds. The van der Waals surface area contributed by atoms with Crippen molar-refractivity contribution in [2.45, 2.75) is 30.7 Å². The lowest BCUT2D eigenvalue weighted by atomic mass is 10.2. The number of hydrogen-bond acceptors (Lipinski definition) is 5. The fraction of sp³-hybridized carbons (Fsp3) is 0.500. The molecule has 0 aliphatic heterocycles. The molecule has 1 aromatic heterocycles. The van der Waals surface area contributed by atoms with Crippen LogP contribution >= 0.6 is 0 Å². The monoisotopic (exact) mass is 258 g/mol. The molecule has 1 unspecified atom stereocenters. The van der Waals surface area contributed by atoms with Gasteiger partial charge in [0.25, 0.3) is 0 Å². The normalized spacial score (nSPS) is 13.4. The van der Waals surface area contributed by atoms with Gasteiger partial charge in [-0.15, -0.1) is 0 Å². The molecule has 0 saturated carbocycles. The van der Waals surface area contributed by atoms with Gasteiger partial charge in [-0.25, -0.2) is 18.5 Å². The van der Waals surface area contributed by atoms with Gasteiger partial charge >= 0.3 is 0 Å². The third-order valence-electron chi connectivity index (χ3n) is 2.34. The molecule has 1 rings (SSSR count). The SMILES string of the molecule is CCCC(CN)Nc1ccc(S(N)(=O)=O)cn1. The van der Waals surface area contributed by atoms with E-state index in [4.69, 9.17) is 10.9 Å². The van der Waals surface area contributed by atoms with Crippen molar-refractivity contribution in [3.8, 4) is 0 Å². The van der Waals surface area contributed by atoms with Crippen molar-refractivity contribution >= 4 is 15.8 Å². The smallest absolute Gasteiger partial charge is 0.239 e. The molecule has 1 aromatic rings. The average molecular weight is 258 g/mol. The number of hydrogen-bond donors (Lipinski definition) is 3. The average Bonchev–Trinajstić information content (AvgIpc) is 2.28. The fourth-order valence-corrected chi connectivity index (χ4v) is 1.90. The van der Waals surface area contributed by atoms with Crippen LogP contribution in [0.5, 0.6) is 0 Å². The summed E-state index contributed by atoms with van der Waals surface area (Å²) in [6.07, 6.45) is 3.19. The lowest BCUT2D eigenvalue weighted by Gasteiger charge is -2.16. The molecule has 0 aliphatic carbocycles. The molecule has 0 saturated heterocycles. The van der Waals surface area contributed by atoms with Gasteiger partial charge in [-0.05, 0) is 18.6 Å². The maximum Gasteiger partial charge on any atom is 0.239 e. The van der Waals surface area contributed by atoms with E-state index >= 15 is 0 Å². The fourth-order valence-electron chi connectivity index (χ4n) is 1.44. The Labute approximate surface area is 101 Å². The second-order valence-electron chi connectivity index (χ2n) is 3.79. The van der Waals surface area contributed by atoms with E-state index in [1.165, 1.54) is 12.3 Å². The van der Waals surface area contributed by atoms with Crippen molar-refractivity contribution in [1.82, 2.24) is 4.98 Å². The van der Waals surface area contributed by atoms with Crippen LogP contribution in [0.3, 0.4) is 0 Å². The van der Waals surface area contributed by atoms with E-state index in [1.807, 2.05) is 0 Å². The van der Waals surface area contributed by atoms with Crippen LogP contribution in [-0.4, -0.2) is 26.0 Å². The number of nitrogens with zero attached hydrogens (tertiary/aromatic N) is 1. The maximum atomic E-state index is 11.0.